The fourth-order valence-electron chi connectivity index (χ4n) is 2.34. The minimum Gasteiger partial charge on any atom is -0.300 e. The molecule has 0 aromatic carbocycles. The van der Waals surface area contributed by atoms with Crippen molar-refractivity contribution in [3.05, 3.63) is 0 Å². The smallest absolute Gasteiger partial charge is 0.300 e. The second kappa shape index (κ2) is 4.32. The third-order valence-electron chi connectivity index (χ3n) is 3.05. The van der Waals surface area contributed by atoms with Crippen LogP contribution in [0.4, 0.5) is 13.2 Å². The van der Waals surface area contributed by atoms with Gasteiger partial charge in [0.05, 0.1) is 6.42 Å². The van der Waals surface area contributed by atoms with Gasteiger partial charge in [0.1, 0.15) is 0 Å². The molecule has 0 aliphatic carbocycles. The summed E-state index contributed by atoms with van der Waals surface area (Å²) in [6.07, 6.45) is -2.65. The molecular weight excluding hydrogens is 203 g/mol. The van der Waals surface area contributed by atoms with Gasteiger partial charge in [0.15, 0.2) is 0 Å². The third kappa shape index (κ3) is 4.01. The van der Waals surface area contributed by atoms with Crippen molar-refractivity contribution in [3.8, 4) is 0 Å². The summed E-state index contributed by atoms with van der Waals surface area (Å²) < 4.78 is 36.3. The summed E-state index contributed by atoms with van der Waals surface area (Å²) in [4.78, 5) is 1.99. The molecule has 1 nitrogen and oxygen atoms in total. The van der Waals surface area contributed by atoms with Crippen LogP contribution in [0.1, 0.15) is 40.0 Å². The van der Waals surface area contributed by atoms with E-state index in [-0.39, 0.29) is 12.0 Å². The van der Waals surface area contributed by atoms with Gasteiger partial charge in [0.25, 0.3) is 0 Å². The van der Waals surface area contributed by atoms with Gasteiger partial charge in [-0.25, -0.2) is 0 Å². The minimum absolute atomic E-state index is 0.0854. The molecule has 1 saturated heterocycles. The van der Waals surface area contributed by atoms with E-state index < -0.39 is 12.6 Å². The number of alkyl halides is 3. The zero-order chi connectivity index (χ0) is 11.7. The molecule has 0 aromatic rings. The fourth-order valence-corrected chi connectivity index (χ4v) is 2.34. The number of nitrogens with zero attached hydrogens (tertiary/aromatic N) is 1. The molecule has 1 rings (SSSR count). The summed E-state index contributed by atoms with van der Waals surface area (Å²) in [6, 6.07) is 0.305. The first-order chi connectivity index (χ1) is 6.70. The quantitative estimate of drug-likeness (QED) is 0.693. The molecule has 90 valence electrons. The highest BCUT2D eigenvalue weighted by atomic mass is 19.4. The summed E-state index contributed by atoms with van der Waals surface area (Å²) in [5.74, 6) is 0. The van der Waals surface area contributed by atoms with Crippen molar-refractivity contribution in [2.45, 2.75) is 52.3 Å². The van der Waals surface area contributed by atoms with Gasteiger partial charge in [-0.2, -0.15) is 13.2 Å². The highest BCUT2D eigenvalue weighted by Gasteiger charge is 2.36. The van der Waals surface area contributed by atoms with E-state index in [4.69, 9.17) is 0 Å². The SMILES string of the molecule is CC(C)(C)C1CCCN1CCC(F)(F)F. The maximum absolute atomic E-state index is 12.1. The number of halogens is 3. The van der Waals surface area contributed by atoms with Crippen molar-refractivity contribution in [2.24, 2.45) is 5.41 Å². The van der Waals surface area contributed by atoms with Gasteiger partial charge >= 0.3 is 6.18 Å². The lowest BCUT2D eigenvalue weighted by atomic mass is 9.85. The molecule has 0 aromatic heterocycles. The van der Waals surface area contributed by atoms with Crippen LogP contribution in [-0.4, -0.2) is 30.2 Å². The molecule has 1 heterocycles. The zero-order valence-corrected chi connectivity index (χ0v) is 9.69. The van der Waals surface area contributed by atoms with E-state index in [1.807, 2.05) is 4.90 Å². The molecule has 15 heavy (non-hydrogen) atoms. The highest BCUT2D eigenvalue weighted by molar-refractivity contribution is 4.88. The molecule has 0 bridgehead atoms. The van der Waals surface area contributed by atoms with E-state index in [1.54, 1.807) is 0 Å². The number of likely N-dealkylation sites (tertiary alicyclic amines) is 1. The normalized spacial score (nSPS) is 24.8. The Labute approximate surface area is 89.6 Å². The molecular formula is C11H20F3N. The van der Waals surface area contributed by atoms with Crippen LogP contribution < -0.4 is 0 Å². The highest BCUT2D eigenvalue weighted by Crippen LogP contribution is 2.33. The molecule has 0 saturated carbocycles. The van der Waals surface area contributed by atoms with Gasteiger partial charge in [-0.1, -0.05) is 20.8 Å². The Morgan fingerprint density at radius 2 is 1.80 bits per heavy atom. The lowest BCUT2D eigenvalue weighted by Gasteiger charge is -2.35. The lowest BCUT2D eigenvalue weighted by molar-refractivity contribution is -0.139. The van der Waals surface area contributed by atoms with Crippen LogP contribution >= 0.6 is 0 Å². The van der Waals surface area contributed by atoms with E-state index in [9.17, 15) is 13.2 Å². The lowest BCUT2D eigenvalue weighted by Crippen LogP contribution is -2.40. The van der Waals surface area contributed by atoms with Gasteiger partial charge in [-0.15, -0.1) is 0 Å². The van der Waals surface area contributed by atoms with Crippen LogP contribution in [0.3, 0.4) is 0 Å². The maximum Gasteiger partial charge on any atom is 0.390 e. The second-order valence-corrected chi connectivity index (χ2v) is 5.43. The van der Waals surface area contributed by atoms with Crippen molar-refractivity contribution < 1.29 is 13.2 Å². The minimum atomic E-state index is -4.02. The Morgan fingerprint density at radius 3 is 2.27 bits per heavy atom. The van der Waals surface area contributed by atoms with Crippen molar-refractivity contribution in [3.63, 3.8) is 0 Å². The largest absolute Gasteiger partial charge is 0.390 e. The summed E-state index contributed by atoms with van der Waals surface area (Å²) in [7, 11) is 0. The van der Waals surface area contributed by atoms with Crippen molar-refractivity contribution in [1.82, 2.24) is 4.90 Å². The Bertz CT molecular complexity index is 205. The summed E-state index contributed by atoms with van der Waals surface area (Å²) in [6.45, 7) is 7.28. The Kier molecular flexibility index (Phi) is 3.69. The monoisotopic (exact) mass is 223 g/mol. The third-order valence-corrected chi connectivity index (χ3v) is 3.05. The summed E-state index contributed by atoms with van der Waals surface area (Å²) in [5, 5.41) is 0. The molecule has 1 aliphatic rings. The zero-order valence-electron chi connectivity index (χ0n) is 9.69. The predicted molar refractivity (Wildman–Crippen MR) is 54.7 cm³/mol. The van der Waals surface area contributed by atoms with Gasteiger partial charge in [-0.3, -0.25) is 4.90 Å². The number of hydrogen-bond acceptors (Lipinski definition) is 1. The van der Waals surface area contributed by atoms with Gasteiger partial charge in [-0.05, 0) is 24.8 Å². The Morgan fingerprint density at radius 1 is 1.20 bits per heavy atom. The fraction of sp³-hybridized carbons (Fsp3) is 1.00. The average Bonchev–Trinajstić information content (AvgIpc) is 2.45. The van der Waals surface area contributed by atoms with Crippen LogP contribution in [-0.2, 0) is 0 Å². The second-order valence-electron chi connectivity index (χ2n) is 5.43. The topological polar surface area (TPSA) is 3.24 Å². The molecule has 4 heteroatoms. The first kappa shape index (κ1) is 12.8. The van der Waals surface area contributed by atoms with E-state index >= 15 is 0 Å². The van der Waals surface area contributed by atoms with Crippen LogP contribution in [0.25, 0.3) is 0 Å². The maximum atomic E-state index is 12.1. The van der Waals surface area contributed by atoms with Crippen LogP contribution in [0, 0.1) is 5.41 Å². The first-order valence-corrected chi connectivity index (χ1v) is 5.51. The van der Waals surface area contributed by atoms with Gasteiger partial charge < -0.3 is 0 Å². The molecule has 0 amide bonds. The molecule has 1 unspecified atom stereocenters. The molecule has 0 radical (unpaired) electrons. The summed E-state index contributed by atoms with van der Waals surface area (Å²) in [5.41, 5.74) is 0.0854. The van der Waals surface area contributed by atoms with Crippen LogP contribution in [0.15, 0.2) is 0 Å². The van der Waals surface area contributed by atoms with E-state index in [2.05, 4.69) is 20.8 Å². The molecule has 1 atom stereocenters. The van der Waals surface area contributed by atoms with E-state index in [1.165, 1.54) is 0 Å². The van der Waals surface area contributed by atoms with Crippen LogP contribution in [0.5, 0.6) is 0 Å². The average molecular weight is 223 g/mol. The van der Waals surface area contributed by atoms with Crippen molar-refractivity contribution in [1.29, 1.82) is 0 Å². The number of rotatable bonds is 2. The molecule has 0 spiro atoms. The standard InChI is InChI=1S/C11H20F3N/c1-10(2,3)9-5-4-7-15(9)8-6-11(12,13)14/h9H,4-8H2,1-3H3. The van der Waals surface area contributed by atoms with Crippen molar-refractivity contribution >= 4 is 0 Å². The Balaban J connectivity index is 2.48. The molecule has 0 N–H and O–H groups in total. The van der Waals surface area contributed by atoms with E-state index in [0.717, 1.165) is 19.4 Å². The van der Waals surface area contributed by atoms with Crippen LogP contribution in [0.2, 0.25) is 0 Å². The van der Waals surface area contributed by atoms with E-state index in [0.29, 0.717) is 6.04 Å². The van der Waals surface area contributed by atoms with Gasteiger partial charge in [0, 0.05) is 12.6 Å². The predicted octanol–water partition coefficient (Wildman–Crippen LogP) is 3.45. The molecule has 1 aliphatic heterocycles. The van der Waals surface area contributed by atoms with Gasteiger partial charge in [0.2, 0.25) is 0 Å². The first-order valence-electron chi connectivity index (χ1n) is 5.51. The Hall–Kier alpha value is -0.250. The van der Waals surface area contributed by atoms with Crippen molar-refractivity contribution in [2.75, 3.05) is 13.1 Å². The molecule has 1 fully saturated rings. The number of hydrogen-bond donors (Lipinski definition) is 0. The summed E-state index contributed by atoms with van der Waals surface area (Å²) >= 11 is 0.